The van der Waals surface area contributed by atoms with Crippen LogP contribution in [0.1, 0.15) is 29.2 Å². The lowest BCUT2D eigenvalue weighted by molar-refractivity contribution is -0.142. The van der Waals surface area contributed by atoms with E-state index in [4.69, 9.17) is 9.47 Å². The molecule has 0 atom stereocenters. The van der Waals surface area contributed by atoms with Gasteiger partial charge >= 0.3 is 5.97 Å². The van der Waals surface area contributed by atoms with Gasteiger partial charge in [-0.2, -0.15) is 0 Å². The summed E-state index contributed by atoms with van der Waals surface area (Å²) in [6.07, 6.45) is 2.93. The van der Waals surface area contributed by atoms with Crippen molar-refractivity contribution in [1.29, 1.82) is 0 Å². The number of anilines is 1. The van der Waals surface area contributed by atoms with Crippen LogP contribution >= 0.6 is 0 Å². The van der Waals surface area contributed by atoms with Crippen molar-refractivity contribution in [2.75, 3.05) is 18.5 Å². The van der Waals surface area contributed by atoms with Crippen molar-refractivity contribution in [1.82, 2.24) is 0 Å². The summed E-state index contributed by atoms with van der Waals surface area (Å²) in [5.74, 6) is -0.167. The first-order chi connectivity index (χ1) is 12.9. The Balaban J connectivity index is 1.85. The number of ether oxygens (including phenoxy) is 2. The second-order valence-corrected chi connectivity index (χ2v) is 6.26. The summed E-state index contributed by atoms with van der Waals surface area (Å²) >= 11 is 0. The van der Waals surface area contributed by atoms with E-state index in [-0.39, 0.29) is 12.5 Å². The molecule has 27 heavy (non-hydrogen) atoms. The van der Waals surface area contributed by atoms with Gasteiger partial charge in [-0.1, -0.05) is 29.8 Å². The van der Waals surface area contributed by atoms with E-state index in [2.05, 4.69) is 5.32 Å². The molecule has 0 heterocycles. The lowest BCUT2D eigenvalue weighted by Crippen LogP contribution is -2.21. The Hall–Kier alpha value is -3.08. The molecule has 2 aromatic rings. The number of benzene rings is 2. The van der Waals surface area contributed by atoms with Gasteiger partial charge in [0.2, 0.25) is 0 Å². The van der Waals surface area contributed by atoms with Gasteiger partial charge in [0.1, 0.15) is 5.75 Å². The highest BCUT2D eigenvalue weighted by atomic mass is 16.5. The van der Waals surface area contributed by atoms with Crippen LogP contribution in [0, 0.1) is 20.8 Å². The van der Waals surface area contributed by atoms with Crippen LogP contribution in [0.2, 0.25) is 0 Å². The normalized spacial score (nSPS) is 10.7. The molecule has 0 aliphatic heterocycles. The molecule has 0 saturated heterocycles. The van der Waals surface area contributed by atoms with E-state index in [1.807, 2.05) is 64.1 Å². The maximum absolute atomic E-state index is 12.1. The molecular formula is C22H25NO4. The van der Waals surface area contributed by atoms with Crippen LogP contribution < -0.4 is 10.1 Å². The van der Waals surface area contributed by atoms with Gasteiger partial charge in [-0.25, -0.2) is 4.79 Å². The average Bonchev–Trinajstić information content (AvgIpc) is 2.62. The topological polar surface area (TPSA) is 64.6 Å². The van der Waals surface area contributed by atoms with Crippen molar-refractivity contribution < 1.29 is 19.1 Å². The Labute approximate surface area is 160 Å². The Morgan fingerprint density at radius 3 is 2.26 bits per heavy atom. The standard InChI is InChI=1S/C22H25NO4/c1-5-26-19-9-6-18(7-10-19)8-11-21(25)27-14-20(24)23-22-16(3)12-15(2)13-17(22)4/h6-13H,5,14H2,1-4H3,(H,23,24). The van der Waals surface area contributed by atoms with Crippen LogP contribution in [0.3, 0.4) is 0 Å². The lowest BCUT2D eigenvalue weighted by Gasteiger charge is -2.12. The Morgan fingerprint density at radius 2 is 1.67 bits per heavy atom. The molecule has 142 valence electrons. The van der Waals surface area contributed by atoms with E-state index in [1.165, 1.54) is 6.08 Å². The van der Waals surface area contributed by atoms with Crippen molar-refractivity contribution in [3.63, 3.8) is 0 Å². The average molecular weight is 367 g/mol. The second-order valence-electron chi connectivity index (χ2n) is 6.26. The fraction of sp³-hybridized carbons (Fsp3) is 0.273. The minimum Gasteiger partial charge on any atom is -0.494 e. The number of amides is 1. The zero-order valence-electron chi connectivity index (χ0n) is 16.2. The van der Waals surface area contributed by atoms with Crippen LogP contribution in [0.15, 0.2) is 42.5 Å². The first-order valence-electron chi connectivity index (χ1n) is 8.84. The largest absolute Gasteiger partial charge is 0.494 e. The predicted octanol–water partition coefficient (Wildman–Crippen LogP) is 4.21. The maximum atomic E-state index is 12.1. The molecule has 0 bridgehead atoms. The van der Waals surface area contributed by atoms with Crippen molar-refractivity contribution in [2.45, 2.75) is 27.7 Å². The summed E-state index contributed by atoms with van der Waals surface area (Å²) in [6, 6.07) is 11.3. The number of nitrogens with one attached hydrogen (secondary N) is 1. The van der Waals surface area contributed by atoms with E-state index in [0.29, 0.717) is 6.61 Å². The Morgan fingerprint density at radius 1 is 1.04 bits per heavy atom. The minimum absolute atomic E-state index is 0.334. The molecule has 0 aromatic heterocycles. The van der Waals surface area contributed by atoms with E-state index in [9.17, 15) is 9.59 Å². The van der Waals surface area contributed by atoms with Gasteiger partial charge in [-0.15, -0.1) is 0 Å². The lowest BCUT2D eigenvalue weighted by atomic mass is 10.1. The summed E-state index contributed by atoms with van der Waals surface area (Å²) in [7, 11) is 0. The molecule has 5 nitrogen and oxygen atoms in total. The molecule has 2 rings (SSSR count). The van der Waals surface area contributed by atoms with E-state index in [0.717, 1.165) is 33.7 Å². The van der Waals surface area contributed by atoms with Gasteiger partial charge < -0.3 is 14.8 Å². The molecule has 0 aliphatic rings. The van der Waals surface area contributed by atoms with Crippen molar-refractivity contribution >= 4 is 23.6 Å². The number of aryl methyl sites for hydroxylation is 3. The highest BCUT2D eigenvalue weighted by Crippen LogP contribution is 2.21. The fourth-order valence-electron chi connectivity index (χ4n) is 2.74. The van der Waals surface area contributed by atoms with E-state index < -0.39 is 5.97 Å². The van der Waals surface area contributed by atoms with Gasteiger partial charge in [0.25, 0.3) is 5.91 Å². The summed E-state index contributed by atoms with van der Waals surface area (Å²) in [5, 5.41) is 2.80. The number of esters is 1. The highest BCUT2D eigenvalue weighted by molar-refractivity contribution is 5.95. The minimum atomic E-state index is -0.573. The second kappa shape index (κ2) is 9.57. The SMILES string of the molecule is CCOc1ccc(C=CC(=O)OCC(=O)Nc2c(C)cc(C)cc2C)cc1. The molecule has 0 radical (unpaired) electrons. The predicted molar refractivity (Wildman–Crippen MR) is 107 cm³/mol. The smallest absolute Gasteiger partial charge is 0.331 e. The monoisotopic (exact) mass is 367 g/mol. The third kappa shape index (κ3) is 6.29. The van der Waals surface area contributed by atoms with Crippen molar-refractivity contribution in [2.24, 2.45) is 0 Å². The number of hydrogen-bond donors (Lipinski definition) is 1. The third-order valence-corrected chi connectivity index (χ3v) is 3.89. The molecule has 0 fully saturated rings. The molecule has 0 saturated carbocycles. The Bertz CT molecular complexity index is 815. The number of hydrogen-bond acceptors (Lipinski definition) is 4. The zero-order chi connectivity index (χ0) is 19.8. The number of rotatable bonds is 7. The van der Waals surface area contributed by atoms with Crippen molar-refractivity contribution in [3.05, 3.63) is 64.7 Å². The highest BCUT2D eigenvalue weighted by Gasteiger charge is 2.10. The van der Waals surface area contributed by atoms with E-state index >= 15 is 0 Å². The number of carbonyl (C=O) groups is 2. The molecule has 1 N–H and O–H groups in total. The van der Waals surface area contributed by atoms with Crippen LogP contribution in [-0.2, 0) is 14.3 Å². The van der Waals surface area contributed by atoms with Gasteiger partial charge in [0.05, 0.1) is 6.61 Å². The van der Waals surface area contributed by atoms with Crippen LogP contribution in [0.5, 0.6) is 5.75 Å². The number of carbonyl (C=O) groups excluding carboxylic acids is 2. The molecule has 0 unspecified atom stereocenters. The van der Waals surface area contributed by atoms with Gasteiger partial charge in [-0.05, 0) is 62.6 Å². The van der Waals surface area contributed by atoms with Crippen LogP contribution in [-0.4, -0.2) is 25.1 Å². The molecule has 2 aromatic carbocycles. The molecule has 0 aliphatic carbocycles. The van der Waals surface area contributed by atoms with Gasteiger partial charge in [0, 0.05) is 11.8 Å². The summed E-state index contributed by atoms with van der Waals surface area (Å²) in [4.78, 5) is 23.9. The van der Waals surface area contributed by atoms with Crippen molar-refractivity contribution in [3.8, 4) is 5.75 Å². The maximum Gasteiger partial charge on any atom is 0.331 e. The summed E-state index contributed by atoms with van der Waals surface area (Å²) in [5.41, 5.74) is 4.68. The van der Waals surface area contributed by atoms with Crippen LogP contribution in [0.4, 0.5) is 5.69 Å². The van der Waals surface area contributed by atoms with E-state index in [1.54, 1.807) is 6.08 Å². The first-order valence-corrected chi connectivity index (χ1v) is 8.84. The molecule has 5 heteroatoms. The summed E-state index contributed by atoms with van der Waals surface area (Å²) < 4.78 is 10.4. The first kappa shape index (κ1) is 20.2. The quantitative estimate of drug-likeness (QED) is 0.588. The fourth-order valence-corrected chi connectivity index (χ4v) is 2.74. The molecule has 1 amide bonds. The van der Waals surface area contributed by atoms with Crippen LogP contribution in [0.25, 0.3) is 6.08 Å². The Kier molecular flexibility index (Phi) is 7.17. The van der Waals surface area contributed by atoms with Gasteiger partial charge in [-0.3, -0.25) is 4.79 Å². The molecule has 0 spiro atoms. The third-order valence-electron chi connectivity index (χ3n) is 3.89. The zero-order valence-corrected chi connectivity index (χ0v) is 16.2. The molecular weight excluding hydrogens is 342 g/mol. The van der Waals surface area contributed by atoms with Gasteiger partial charge in [0.15, 0.2) is 6.61 Å². The summed E-state index contributed by atoms with van der Waals surface area (Å²) in [6.45, 7) is 8.05.